The molecule has 0 spiro atoms. The van der Waals surface area contributed by atoms with Gasteiger partial charge in [0.05, 0.1) is 11.3 Å². The zero-order chi connectivity index (χ0) is 14.0. The van der Waals surface area contributed by atoms with E-state index >= 15 is 0 Å². The first-order valence-electron chi connectivity index (χ1n) is 6.08. The molecule has 1 aromatic rings. The van der Waals surface area contributed by atoms with E-state index in [-0.39, 0.29) is 11.7 Å². The first-order valence-corrected chi connectivity index (χ1v) is 7.36. The molecule has 1 saturated carbocycles. The third-order valence-corrected chi connectivity index (χ3v) is 4.56. The topological polar surface area (TPSA) is 12.0 Å². The van der Waals surface area contributed by atoms with Gasteiger partial charge >= 0.3 is 6.18 Å². The van der Waals surface area contributed by atoms with Crippen LogP contribution in [0.4, 0.5) is 23.2 Å². The molecular formula is C13H15F4NS. The highest BCUT2D eigenvalue weighted by molar-refractivity contribution is 7.99. The van der Waals surface area contributed by atoms with Crippen LogP contribution in [0.15, 0.2) is 18.2 Å². The lowest BCUT2D eigenvalue weighted by atomic mass is 10.1. The summed E-state index contributed by atoms with van der Waals surface area (Å²) < 4.78 is 51.0. The van der Waals surface area contributed by atoms with E-state index in [4.69, 9.17) is 0 Å². The van der Waals surface area contributed by atoms with Crippen molar-refractivity contribution < 1.29 is 17.6 Å². The maximum Gasteiger partial charge on any atom is 0.416 e. The predicted molar refractivity (Wildman–Crippen MR) is 70.0 cm³/mol. The number of anilines is 1. The van der Waals surface area contributed by atoms with Crippen molar-refractivity contribution in [1.29, 1.82) is 0 Å². The van der Waals surface area contributed by atoms with Crippen molar-refractivity contribution in [2.45, 2.75) is 36.7 Å². The van der Waals surface area contributed by atoms with E-state index in [2.05, 4.69) is 5.32 Å². The van der Waals surface area contributed by atoms with E-state index in [1.165, 1.54) is 6.07 Å². The summed E-state index contributed by atoms with van der Waals surface area (Å²) in [4.78, 5) is 0. The van der Waals surface area contributed by atoms with Crippen LogP contribution >= 0.6 is 11.8 Å². The van der Waals surface area contributed by atoms with Crippen molar-refractivity contribution in [3.05, 3.63) is 29.6 Å². The van der Waals surface area contributed by atoms with Gasteiger partial charge in [0.2, 0.25) is 0 Å². The fourth-order valence-corrected chi connectivity index (χ4v) is 3.32. The molecule has 1 nitrogen and oxygen atoms in total. The number of hydrogen-bond acceptors (Lipinski definition) is 2. The van der Waals surface area contributed by atoms with Crippen LogP contribution in [0.3, 0.4) is 0 Å². The fourth-order valence-electron chi connectivity index (χ4n) is 2.38. The van der Waals surface area contributed by atoms with Gasteiger partial charge < -0.3 is 5.32 Å². The highest BCUT2D eigenvalue weighted by Gasteiger charge is 2.32. The van der Waals surface area contributed by atoms with Gasteiger partial charge in [-0.15, -0.1) is 0 Å². The molecule has 1 fully saturated rings. The number of rotatable bonds is 3. The zero-order valence-electron chi connectivity index (χ0n) is 10.4. The van der Waals surface area contributed by atoms with Crippen LogP contribution in [-0.4, -0.2) is 17.5 Å². The average molecular weight is 293 g/mol. The standard InChI is InChI=1S/C13H15F4NS/c1-19-12-4-2-3-11(12)18-10-6-5-8(7-9(10)14)13(15,16)17/h5-7,11-12,18H,2-4H2,1H3. The highest BCUT2D eigenvalue weighted by atomic mass is 32.2. The average Bonchev–Trinajstić information content (AvgIpc) is 2.77. The van der Waals surface area contributed by atoms with Crippen molar-refractivity contribution in [2.75, 3.05) is 11.6 Å². The molecule has 1 aliphatic rings. The lowest BCUT2D eigenvalue weighted by Crippen LogP contribution is -2.26. The monoisotopic (exact) mass is 293 g/mol. The second-order valence-electron chi connectivity index (χ2n) is 4.65. The van der Waals surface area contributed by atoms with E-state index in [1.807, 2.05) is 6.26 Å². The van der Waals surface area contributed by atoms with Crippen molar-refractivity contribution in [1.82, 2.24) is 0 Å². The normalized spacial score (nSPS) is 23.6. The van der Waals surface area contributed by atoms with Crippen LogP contribution in [0.5, 0.6) is 0 Å². The zero-order valence-corrected chi connectivity index (χ0v) is 11.2. The molecule has 6 heteroatoms. The Bertz CT molecular complexity index is 447. The molecule has 0 radical (unpaired) electrons. The molecule has 0 saturated heterocycles. The minimum absolute atomic E-state index is 0.126. The summed E-state index contributed by atoms with van der Waals surface area (Å²) in [6, 6.07) is 2.76. The van der Waals surface area contributed by atoms with E-state index in [0.717, 1.165) is 25.3 Å². The largest absolute Gasteiger partial charge is 0.416 e. The molecule has 0 heterocycles. The molecule has 2 atom stereocenters. The molecule has 1 N–H and O–H groups in total. The van der Waals surface area contributed by atoms with E-state index in [1.54, 1.807) is 11.8 Å². The first-order chi connectivity index (χ1) is 8.91. The molecule has 19 heavy (non-hydrogen) atoms. The lowest BCUT2D eigenvalue weighted by Gasteiger charge is -2.21. The highest BCUT2D eigenvalue weighted by Crippen LogP contribution is 2.34. The van der Waals surface area contributed by atoms with E-state index in [0.29, 0.717) is 11.3 Å². The van der Waals surface area contributed by atoms with Crippen molar-refractivity contribution in [2.24, 2.45) is 0 Å². The Morgan fingerprint density at radius 1 is 1.26 bits per heavy atom. The smallest absolute Gasteiger partial charge is 0.379 e. The van der Waals surface area contributed by atoms with Crippen LogP contribution in [0.2, 0.25) is 0 Å². The van der Waals surface area contributed by atoms with E-state index in [9.17, 15) is 17.6 Å². The number of hydrogen-bond donors (Lipinski definition) is 1. The number of halogens is 4. The van der Waals surface area contributed by atoms with Gasteiger partial charge in [-0.3, -0.25) is 0 Å². The maximum absolute atomic E-state index is 13.7. The summed E-state index contributed by atoms with van der Waals surface area (Å²) in [7, 11) is 0. The summed E-state index contributed by atoms with van der Waals surface area (Å²) in [5, 5.41) is 3.42. The van der Waals surface area contributed by atoms with Crippen molar-refractivity contribution in [3.8, 4) is 0 Å². The fraction of sp³-hybridized carbons (Fsp3) is 0.538. The van der Waals surface area contributed by atoms with Crippen molar-refractivity contribution in [3.63, 3.8) is 0 Å². The van der Waals surface area contributed by atoms with Crippen LogP contribution < -0.4 is 5.32 Å². The SMILES string of the molecule is CSC1CCCC1Nc1ccc(C(F)(F)F)cc1F. The summed E-state index contributed by atoms with van der Waals surface area (Å²) >= 11 is 1.71. The maximum atomic E-state index is 13.7. The molecule has 1 aliphatic carbocycles. The Balaban J connectivity index is 2.13. The molecule has 106 valence electrons. The predicted octanol–water partition coefficient (Wildman–Crippen LogP) is 4.54. The minimum atomic E-state index is -4.51. The summed E-state index contributed by atoms with van der Waals surface area (Å²) in [6.45, 7) is 0. The van der Waals surface area contributed by atoms with Crippen LogP contribution in [0, 0.1) is 5.82 Å². The number of nitrogens with one attached hydrogen (secondary N) is 1. The number of benzene rings is 1. The van der Waals surface area contributed by atoms with Gasteiger partial charge in [-0.25, -0.2) is 4.39 Å². The van der Waals surface area contributed by atoms with Gasteiger partial charge in [-0.05, 0) is 37.3 Å². The van der Waals surface area contributed by atoms with Gasteiger partial charge in [0, 0.05) is 11.3 Å². The van der Waals surface area contributed by atoms with Crippen LogP contribution in [-0.2, 0) is 6.18 Å². The molecule has 0 aromatic heterocycles. The summed E-state index contributed by atoms with van der Waals surface area (Å²) in [6.07, 6.45) is 0.529. The van der Waals surface area contributed by atoms with Crippen LogP contribution in [0.1, 0.15) is 24.8 Å². The van der Waals surface area contributed by atoms with E-state index < -0.39 is 17.6 Å². The lowest BCUT2D eigenvalue weighted by molar-refractivity contribution is -0.137. The third-order valence-electron chi connectivity index (χ3n) is 3.39. The third kappa shape index (κ3) is 3.35. The molecule has 0 bridgehead atoms. The number of alkyl halides is 3. The summed E-state index contributed by atoms with van der Waals surface area (Å²) in [5.41, 5.74) is -0.803. The first kappa shape index (κ1) is 14.5. The van der Waals surface area contributed by atoms with Gasteiger partial charge in [0.15, 0.2) is 0 Å². The van der Waals surface area contributed by atoms with Gasteiger partial charge in [0.1, 0.15) is 5.82 Å². The Labute approximate surface area is 113 Å². The van der Waals surface area contributed by atoms with Gasteiger partial charge in [-0.1, -0.05) is 6.42 Å². The minimum Gasteiger partial charge on any atom is -0.379 e. The Morgan fingerprint density at radius 3 is 2.58 bits per heavy atom. The Hall–Kier alpha value is -0.910. The van der Waals surface area contributed by atoms with Gasteiger partial charge in [-0.2, -0.15) is 24.9 Å². The molecule has 1 aromatic carbocycles. The Morgan fingerprint density at radius 2 is 2.00 bits per heavy atom. The summed E-state index contributed by atoms with van der Waals surface area (Å²) in [5.74, 6) is -0.846. The molecule has 0 aliphatic heterocycles. The second-order valence-corrected chi connectivity index (χ2v) is 5.73. The molecule has 2 rings (SSSR count). The molecular weight excluding hydrogens is 278 g/mol. The molecule has 2 unspecified atom stereocenters. The molecule has 0 amide bonds. The quantitative estimate of drug-likeness (QED) is 0.821. The van der Waals surface area contributed by atoms with Crippen LogP contribution in [0.25, 0.3) is 0 Å². The number of thioether (sulfide) groups is 1. The van der Waals surface area contributed by atoms with Crippen molar-refractivity contribution >= 4 is 17.4 Å². The second kappa shape index (κ2) is 5.61. The van der Waals surface area contributed by atoms with Gasteiger partial charge in [0.25, 0.3) is 0 Å². The Kier molecular flexibility index (Phi) is 4.28.